The summed E-state index contributed by atoms with van der Waals surface area (Å²) in [6.07, 6.45) is 8.07. The van der Waals surface area contributed by atoms with Crippen molar-refractivity contribution in [2.24, 2.45) is 0 Å². The first-order chi connectivity index (χ1) is 9.90. The Labute approximate surface area is 120 Å². The van der Waals surface area contributed by atoms with Gasteiger partial charge in [0.2, 0.25) is 0 Å². The van der Waals surface area contributed by atoms with E-state index in [1.807, 2.05) is 24.8 Å². The second-order valence-corrected chi connectivity index (χ2v) is 5.67. The molecule has 0 unspecified atom stereocenters. The number of hydrogen-bond acceptors (Lipinski definition) is 0. The highest BCUT2D eigenvalue weighted by molar-refractivity contribution is 5.05. The zero-order chi connectivity index (χ0) is 13.6. The molecule has 4 heteroatoms. The second-order valence-electron chi connectivity index (χ2n) is 5.67. The highest BCUT2D eigenvalue weighted by Gasteiger charge is 2.23. The Hall–Kier alpha value is -1.78. The molecule has 1 aliphatic rings. The molecular formula is C16H24N4+4. The van der Waals surface area contributed by atoms with Gasteiger partial charge >= 0.3 is 0 Å². The van der Waals surface area contributed by atoms with Crippen molar-refractivity contribution in [2.75, 3.05) is 26.2 Å². The van der Waals surface area contributed by atoms with Crippen LogP contribution in [0.4, 0.5) is 0 Å². The van der Waals surface area contributed by atoms with Crippen molar-refractivity contribution in [1.29, 1.82) is 0 Å². The van der Waals surface area contributed by atoms with E-state index in [4.69, 9.17) is 0 Å². The summed E-state index contributed by atoms with van der Waals surface area (Å²) in [7, 11) is 0. The van der Waals surface area contributed by atoms with Gasteiger partial charge in [0, 0.05) is 35.4 Å². The molecule has 2 aromatic rings. The van der Waals surface area contributed by atoms with Gasteiger partial charge in [-0.3, -0.25) is 0 Å². The zero-order valence-corrected chi connectivity index (χ0v) is 11.9. The molecule has 0 bridgehead atoms. The lowest BCUT2D eigenvalue weighted by atomic mass is 10.2. The SMILES string of the molecule is c1cc(C[NH+]2CC[NH+](Cc3cc[nH+]cc3)CC2)cc[nH+]1. The monoisotopic (exact) mass is 272 g/mol. The average molecular weight is 272 g/mol. The minimum absolute atomic E-state index is 1.16. The molecular weight excluding hydrogens is 248 g/mol. The summed E-state index contributed by atoms with van der Waals surface area (Å²) in [4.78, 5) is 9.60. The van der Waals surface area contributed by atoms with Gasteiger partial charge < -0.3 is 9.80 Å². The lowest BCUT2D eigenvalue weighted by Gasteiger charge is -2.29. The number of hydrogen-bond donors (Lipinski definition) is 2. The van der Waals surface area contributed by atoms with Gasteiger partial charge in [0.25, 0.3) is 0 Å². The maximum atomic E-state index is 3.09. The predicted octanol–water partition coefficient (Wildman–Crippen LogP) is -2.20. The first-order valence-electron chi connectivity index (χ1n) is 7.47. The topological polar surface area (TPSA) is 37.2 Å². The third kappa shape index (κ3) is 3.62. The van der Waals surface area contributed by atoms with E-state index in [1.165, 1.54) is 37.3 Å². The maximum Gasteiger partial charge on any atom is 0.167 e. The first kappa shape index (κ1) is 13.2. The number of H-pyrrole nitrogens is 2. The van der Waals surface area contributed by atoms with Gasteiger partial charge in [0.1, 0.15) is 39.3 Å². The number of piperazine rings is 1. The molecule has 1 saturated heterocycles. The molecule has 3 heterocycles. The third-order valence-corrected chi connectivity index (χ3v) is 4.15. The normalized spacial score (nSPS) is 22.6. The van der Waals surface area contributed by atoms with Gasteiger partial charge in [0.05, 0.1) is 0 Å². The lowest BCUT2D eigenvalue weighted by Crippen LogP contribution is -3.27. The molecule has 2 aromatic heterocycles. The van der Waals surface area contributed by atoms with E-state index >= 15 is 0 Å². The molecule has 104 valence electrons. The van der Waals surface area contributed by atoms with Gasteiger partial charge in [0.15, 0.2) is 24.8 Å². The molecule has 0 saturated carbocycles. The van der Waals surface area contributed by atoms with Crippen LogP contribution >= 0.6 is 0 Å². The van der Waals surface area contributed by atoms with Crippen LogP contribution in [0, 0.1) is 0 Å². The fourth-order valence-corrected chi connectivity index (χ4v) is 2.97. The number of aromatic nitrogens is 2. The van der Waals surface area contributed by atoms with Gasteiger partial charge in [-0.1, -0.05) is 0 Å². The van der Waals surface area contributed by atoms with Gasteiger partial charge in [-0.2, -0.15) is 0 Å². The summed E-state index contributed by atoms with van der Waals surface area (Å²) >= 11 is 0. The number of nitrogens with one attached hydrogen (secondary N) is 4. The van der Waals surface area contributed by atoms with Crippen LogP contribution in [0.1, 0.15) is 11.1 Å². The lowest BCUT2D eigenvalue weighted by molar-refractivity contribution is -1.02. The Morgan fingerprint density at radius 2 is 1.00 bits per heavy atom. The van der Waals surface area contributed by atoms with Crippen molar-refractivity contribution in [2.45, 2.75) is 13.1 Å². The van der Waals surface area contributed by atoms with Crippen LogP contribution in [0.15, 0.2) is 49.1 Å². The molecule has 0 aliphatic carbocycles. The Kier molecular flexibility index (Phi) is 4.35. The number of aromatic amines is 2. The molecule has 0 radical (unpaired) electrons. The van der Waals surface area contributed by atoms with E-state index in [0.717, 1.165) is 13.1 Å². The predicted molar refractivity (Wildman–Crippen MR) is 74.8 cm³/mol. The van der Waals surface area contributed by atoms with Gasteiger partial charge in [-0.15, -0.1) is 0 Å². The molecule has 20 heavy (non-hydrogen) atoms. The summed E-state index contributed by atoms with van der Waals surface area (Å²) < 4.78 is 0. The fourth-order valence-electron chi connectivity index (χ4n) is 2.97. The summed E-state index contributed by atoms with van der Waals surface area (Å²) in [5.41, 5.74) is 2.86. The molecule has 0 atom stereocenters. The van der Waals surface area contributed by atoms with Crippen LogP contribution in [0.25, 0.3) is 0 Å². The summed E-state index contributed by atoms with van der Waals surface area (Å²) in [6.45, 7) is 7.39. The number of rotatable bonds is 4. The van der Waals surface area contributed by atoms with Crippen molar-refractivity contribution in [1.82, 2.24) is 0 Å². The molecule has 3 rings (SSSR count). The van der Waals surface area contributed by atoms with Crippen molar-refractivity contribution < 1.29 is 19.8 Å². The number of pyridine rings is 2. The molecule has 1 aliphatic heterocycles. The van der Waals surface area contributed by atoms with Crippen LogP contribution in [0.2, 0.25) is 0 Å². The van der Waals surface area contributed by atoms with E-state index in [0.29, 0.717) is 0 Å². The first-order valence-corrected chi connectivity index (χ1v) is 7.47. The van der Waals surface area contributed by atoms with Crippen molar-refractivity contribution >= 4 is 0 Å². The van der Waals surface area contributed by atoms with Crippen molar-refractivity contribution in [3.8, 4) is 0 Å². The fraction of sp³-hybridized carbons (Fsp3) is 0.375. The van der Waals surface area contributed by atoms with E-state index < -0.39 is 0 Å². The second kappa shape index (κ2) is 6.59. The van der Waals surface area contributed by atoms with Crippen LogP contribution in [0.3, 0.4) is 0 Å². The summed E-state index contributed by atoms with van der Waals surface area (Å²) in [5.74, 6) is 0. The highest BCUT2D eigenvalue weighted by Crippen LogP contribution is 1.92. The minimum atomic E-state index is 1.16. The summed E-state index contributed by atoms with van der Waals surface area (Å²) in [6, 6.07) is 8.75. The maximum absolute atomic E-state index is 3.09. The van der Waals surface area contributed by atoms with E-state index in [1.54, 1.807) is 9.80 Å². The Morgan fingerprint density at radius 1 is 0.650 bits per heavy atom. The minimum Gasteiger partial charge on any atom is -0.322 e. The van der Waals surface area contributed by atoms with Crippen LogP contribution in [0.5, 0.6) is 0 Å². The van der Waals surface area contributed by atoms with Crippen molar-refractivity contribution in [3.05, 3.63) is 60.2 Å². The standard InChI is InChI=1S/C16H20N4/c1-5-17-6-2-15(1)13-19-9-11-20(12-10-19)14-16-3-7-18-8-4-16/h1-8H,9-14H2/p+4. The van der Waals surface area contributed by atoms with Crippen LogP contribution < -0.4 is 19.8 Å². The van der Waals surface area contributed by atoms with Gasteiger partial charge in [-0.25, -0.2) is 9.97 Å². The Morgan fingerprint density at radius 3 is 1.35 bits per heavy atom. The Balaban J connectivity index is 1.47. The van der Waals surface area contributed by atoms with E-state index in [-0.39, 0.29) is 0 Å². The van der Waals surface area contributed by atoms with Crippen molar-refractivity contribution in [3.63, 3.8) is 0 Å². The molecule has 0 aromatic carbocycles. The zero-order valence-electron chi connectivity index (χ0n) is 11.9. The largest absolute Gasteiger partial charge is 0.322 e. The average Bonchev–Trinajstić information content (AvgIpc) is 2.51. The third-order valence-electron chi connectivity index (χ3n) is 4.15. The molecule has 0 amide bonds. The van der Waals surface area contributed by atoms with E-state index in [9.17, 15) is 0 Å². The molecule has 0 spiro atoms. The highest BCUT2D eigenvalue weighted by atomic mass is 15.3. The Bertz CT molecular complexity index is 457. The smallest absolute Gasteiger partial charge is 0.167 e. The summed E-state index contributed by atoms with van der Waals surface area (Å²) in [5, 5.41) is 0. The molecule has 1 fully saturated rings. The molecule has 4 nitrogen and oxygen atoms in total. The van der Waals surface area contributed by atoms with Crippen LogP contribution in [-0.2, 0) is 13.1 Å². The van der Waals surface area contributed by atoms with Crippen LogP contribution in [-0.4, -0.2) is 26.2 Å². The van der Waals surface area contributed by atoms with Gasteiger partial charge in [-0.05, 0) is 0 Å². The quantitative estimate of drug-likeness (QED) is 0.634. The molecule has 4 N–H and O–H groups in total. The number of quaternary nitrogens is 2. The van der Waals surface area contributed by atoms with E-state index in [2.05, 4.69) is 34.2 Å².